The molecule has 1 aromatic heterocycles. The number of benzene rings is 1. The van der Waals surface area contributed by atoms with Crippen LogP contribution in [0.4, 0.5) is 0 Å². The highest BCUT2D eigenvalue weighted by atomic mass is 35.5. The van der Waals surface area contributed by atoms with Crippen LogP contribution in [0.5, 0.6) is 0 Å². The van der Waals surface area contributed by atoms with E-state index in [4.69, 9.17) is 23.2 Å². The molecule has 0 bridgehead atoms. The van der Waals surface area contributed by atoms with E-state index in [2.05, 4.69) is 9.97 Å². The minimum absolute atomic E-state index is 0.413. The molecule has 0 unspecified atom stereocenters. The summed E-state index contributed by atoms with van der Waals surface area (Å²) in [5, 5.41) is 0.735. The topological polar surface area (TPSA) is 25.8 Å². The highest BCUT2D eigenvalue weighted by molar-refractivity contribution is 6.30. The van der Waals surface area contributed by atoms with Crippen LogP contribution in [-0.4, -0.2) is 9.97 Å². The summed E-state index contributed by atoms with van der Waals surface area (Å²) >= 11 is 11.5. The summed E-state index contributed by atoms with van der Waals surface area (Å²) < 4.78 is 0. The summed E-state index contributed by atoms with van der Waals surface area (Å²) in [6.07, 6.45) is 2.43. The fraction of sp³-hybridized carbons (Fsp3) is 0.167. The molecule has 0 amide bonds. The Morgan fingerprint density at radius 1 is 1.06 bits per heavy atom. The van der Waals surface area contributed by atoms with E-state index in [1.54, 1.807) is 6.20 Å². The quantitative estimate of drug-likeness (QED) is 0.783. The van der Waals surface area contributed by atoms with Gasteiger partial charge >= 0.3 is 0 Å². The molecule has 0 aliphatic heterocycles. The van der Waals surface area contributed by atoms with E-state index in [0.717, 1.165) is 22.1 Å². The third-order valence-corrected chi connectivity index (χ3v) is 2.70. The third-order valence-electron chi connectivity index (χ3n) is 2.18. The molecule has 0 fully saturated rings. The first-order chi connectivity index (χ1) is 7.78. The Morgan fingerprint density at radius 2 is 1.81 bits per heavy atom. The first-order valence-electron chi connectivity index (χ1n) is 4.89. The smallest absolute Gasteiger partial charge is 0.132 e. The van der Waals surface area contributed by atoms with Crippen molar-refractivity contribution >= 4 is 23.2 Å². The first kappa shape index (κ1) is 11.4. The molecular weight excluding hydrogens is 243 g/mol. The fourth-order valence-corrected chi connectivity index (χ4v) is 1.66. The molecule has 1 heterocycles. The predicted molar refractivity (Wildman–Crippen MR) is 65.8 cm³/mol. The van der Waals surface area contributed by atoms with Crippen LogP contribution >= 0.6 is 23.2 Å². The second-order valence-electron chi connectivity index (χ2n) is 3.40. The van der Waals surface area contributed by atoms with E-state index in [0.29, 0.717) is 12.3 Å². The maximum atomic E-state index is 5.81. The average molecular weight is 253 g/mol. The number of halogens is 2. The number of hydrogen-bond donors (Lipinski definition) is 0. The number of nitrogens with zero attached hydrogens (tertiary/aromatic N) is 2. The Bertz CT molecular complexity index is 469. The van der Waals surface area contributed by atoms with E-state index in [1.807, 2.05) is 30.3 Å². The van der Waals surface area contributed by atoms with Gasteiger partial charge in [-0.25, -0.2) is 9.97 Å². The van der Waals surface area contributed by atoms with Gasteiger partial charge in [-0.2, -0.15) is 0 Å². The lowest BCUT2D eigenvalue weighted by Crippen LogP contribution is -1.98. The van der Waals surface area contributed by atoms with Crippen LogP contribution in [0.1, 0.15) is 17.1 Å². The van der Waals surface area contributed by atoms with Crippen molar-refractivity contribution in [1.82, 2.24) is 9.97 Å². The summed E-state index contributed by atoms with van der Waals surface area (Å²) in [6.45, 7) is 0. The minimum atomic E-state index is 0.413. The molecule has 2 rings (SSSR count). The first-order valence-corrected chi connectivity index (χ1v) is 5.80. The van der Waals surface area contributed by atoms with Crippen LogP contribution in [-0.2, 0) is 12.3 Å². The zero-order valence-electron chi connectivity index (χ0n) is 8.53. The molecule has 82 valence electrons. The van der Waals surface area contributed by atoms with Crippen molar-refractivity contribution < 1.29 is 0 Å². The van der Waals surface area contributed by atoms with Gasteiger partial charge in [0.2, 0.25) is 0 Å². The second kappa shape index (κ2) is 5.28. The van der Waals surface area contributed by atoms with Gasteiger partial charge in [0.25, 0.3) is 0 Å². The summed E-state index contributed by atoms with van der Waals surface area (Å²) in [6, 6.07) is 9.49. The molecule has 2 aromatic rings. The molecule has 0 saturated carbocycles. The predicted octanol–water partition coefficient (Wildman–Crippen LogP) is 3.46. The fourth-order valence-electron chi connectivity index (χ4n) is 1.39. The van der Waals surface area contributed by atoms with Gasteiger partial charge in [0.05, 0.1) is 11.6 Å². The van der Waals surface area contributed by atoms with Gasteiger partial charge in [-0.15, -0.1) is 11.6 Å². The lowest BCUT2D eigenvalue weighted by atomic mass is 10.1. The zero-order chi connectivity index (χ0) is 11.4. The van der Waals surface area contributed by atoms with E-state index in [1.165, 1.54) is 0 Å². The van der Waals surface area contributed by atoms with Crippen molar-refractivity contribution in [2.75, 3.05) is 0 Å². The lowest BCUT2D eigenvalue weighted by Gasteiger charge is -2.02. The number of alkyl halides is 1. The monoisotopic (exact) mass is 252 g/mol. The van der Waals surface area contributed by atoms with Gasteiger partial charge in [0.15, 0.2) is 0 Å². The van der Waals surface area contributed by atoms with Crippen LogP contribution in [0.2, 0.25) is 5.02 Å². The standard InChI is InChI=1S/C12H10Cl2N2/c13-8-11-5-6-15-12(16-11)7-9-1-3-10(14)4-2-9/h1-6H,7-8H2. The van der Waals surface area contributed by atoms with Crippen molar-refractivity contribution in [2.45, 2.75) is 12.3 Å². The maximum Gasteiger partial charge on any atom is 0.132 e. The molecule has 0 atom stereocenters. The Kier molecular flexibility index (Phi) is 3.75. The number of hydrogen-bond acceptors (Lipinski definition) is 2. The van der Waals surface area contributed by atoms with Gasteiger partial charge in [-0.3, -0.25) is 0 Å². The molecular formula is C12H10Cl2N2. The van der Waals surface area contributed by atoms with E-state index >= 15 is 0 Å². The molecule has 0 N–H and O–H groups in total. The largest absolute Gasteiger partial charge is 0.241 e. The molecule has 1 aromatic carbocycles. The molecule has 0 saturated heterocycles. The van der Waals surface area contributed by atoms with E-state index < -0.39 is 0 Å². The van der Waals surface area contributed by atoms with Gasteiger partial charge in [0, 0.05) is 17.6 Å². The highest BCUT2D eigenvalue weighted by Gasteiger charge is 2.00. The van der Waals surface area contributed by atoms with Crippen molar-refractivity contribution in [2.24, 2.45) is 0 Å². The summed E-state index contributed by atoms with van der Waals surface area (Å²) in [5.74, 6) is 1.19. The second-order valence-corrected chi connectivity index (χ2v) is 4.10. The third kappa shape index (κ3) is 2.94. The summed E-state index contributed by atoms with van der Waals surface area (Å²) in [7, 11) is 0. The van der Waals surface area contributed by atoms with Crippen molar-refractivity contribution in [3.63, 3.8) is 0 Å². The number of aromatic nitrogens is 2. The lowest BCUT2D eigenvalue weighted by molar-refractivity contribution is 0.936. The van der Waals surface area contributed by atoms with Gasteiger partial charge < -0.3 is 0 Å². The van der Waals surface area contributed by atoms with Gasteiger partial charge in [-0.1, -0.05) is 23.7 Å². The van der Waals surface area contributed by atoms with Crippen molar-refractivity contribution in [3.05, 3.63) is 58.6 Å². The normalized spacial score (nSPS) is 10.4. The average Bonchev–Trinajstić information content (AvgIpc) is 2.32. The van der Waals surface area contributed by atoms with E-state index in [9.17, 15) is 0 Å². The molecule has 4 heteroatoms. The SMILES string of the molecule is ClCc1ccnc(Cc2ccc(Cl)cc2)n1. The van der Waals surface area contributed by atoms with Crippen LogP contribution in [0.3, 0.4) is 0 Å². The Morgan fingerprint density at radius 3 is 2.50 bits per heavy atom. The van der Waals surface area contributed by atoms with Gasteiger partial charge in [0.1, 0.15) is 5.82 Å². The molecule has 0 radical (unpaired) electrons. The molecule has 0 spiro atoms. The maximum absolute atomic E-state index is 5.81. The highest BCUT2D eigenvalue weighted by Crippen LogP contribution is 2.12. The Balaban J connectivity index is 2.16. The summed E-state index contributed by atoms with van der Waals surface area (Å²) in [4.78, 5) is 8.54. The minimum Gasteiger partial charge on any atom is -0.241 e. The van der Waals surface area contributed by atoms with Crippen molar-refractivity contribution in [3.8, 4) is 0 Å². The van der Waals surface area contributed by atoms with Crippen molar-refractivity contribution in [1.29, 1.82) is 0 Å². The van der Waals surface area contributed by atoms with Crippen LogP contribution in [0.15, 0.2) is 36.5 Å². The number of rotatable bonds is 3. The zero-order valence-corrected chi connectivity index (χ0v) is 10.0. The summed E-state index contributed by atoms with van der Waals surface area (Å²) in [5.41, 5.74) is 1.98. The van der Waals surface area contributed by atoms with Crippen LogP contribution in [0, 0.1) is 0 Å². The molecule has 16 heavy (non-hydrogen) atoms. The van der Waals surface area contributed by atoms with Crippen LogP contribution < -0.4 is 0 Å². The Labute approximate surface area is 104 Å². The van der Waals surface area contributed by atoms with E-state index in [-0.39, 0.29) is 0 Å². The van der Waals surface area contributed by atoms with Gasteiger partial charge in [-0.05, 0) is 23.8 Å². The molecule has 0 aliphatic carbocycles. The molecule has 0 aliphatic rings. The van der Waals surface area contributed by atoms with Crippen LogP contribution in [0.25, 0.3) is 0 Å². The molecule has 2 nitrogen and oxygen atoms in total. The Hall–Kier alpha value is -1.12.